The lowest BCUT2D eigenvalue weighted by atomic mass is 10.2. The van der Waals surface area contributed by atoms with Crippen LogP contribution in [0.2, 0.25) is 0 Å². The Kier molecular flexibility index (Phi) is 7.85. The van der Waals surface area contributed by atoms with Crippen LogP contribution in [-0.2, 0) is 6.54 Å². The van der Waals surface area contributed by atoms with Crippen LogP contribution < -0.4 is 10.6 Å². The number of guanidine groups is 1. The van der Waals surface area contributed by atoms with E-state index < -0.39 is 0 Å². The average molecular weight is 377 g/mol. The molecule has 0 radical (unpaired) electrons. The minimum atomic E-state index is 0. The van der Waals surface area contributed by atoms with Gasteiger partial charge in [-0.15, -0.1) is 24.0 Å². The summed E-state index contributed by atoms with van der Waals surface area (Å²) in [5.41, 5.74) is 0. The first-order chi connectivity index (χ1) is 8.88. The number of aromatic nitrogens is 2. The van der Waals surface area contributed by atoms with E-state index in [0.717, 1.165) is 25.5 Å². The lowest BCUT2D eigenvalue weighted by molar-refractivity contribution is 0.562. The van der Waals surface area contributed by atoms with Gasteiger partial charge < -0.3 is 10.6 Å². The Morgan fingerprint density at radius 1 is 1.42 bits per heavy atom. The van der Waals surface area contributed by atoms with Crippen LogP contribution in [0.3, 0.4) is 0 Å². The Morgan fingerprint density at radius 2 is 2.21 bits per heavy atom. The third kappa shape index (κ3) is 5.80. The molecule has 1 heterocycles. The second-order valence-corrected chi connectivity index (χ2v) is 4.75. The maximum atomic E-state index is 4.26. The number of nitrogens with one attached hydrogen (secondary N) is 2. The second-order valence-electron chi connectivity index (χ2n) is 4.75. The molecule has 1 aromatic heterocycles. The first kappa shape index (κ1) is 16.3. The number of rotatable bonds is 5. The Balaban J connectivity index is 0.00000180. The van der Waals surface area contributed by atoms with Crippen molar-refractivity contribution in [2.24, 2.45) is 4.99 Å². The molecule has 0 aliphatic heterocycles. The average Bonchev–Trinajstić information content (AvgIpc) is 3.06. The van der Waals surface area contributed by atoms with Crippen LogP contribution in [0.1, 0.15) is 32.1 Å². The SMILES string of the molecule is CN=C(NCCCn1cccn1)NC1CCCC1.I. The van der Waals surface area contributed by atoms with Gasteiger partial charge in [0.25, 0.3) is 0 Å². The molecule has 2 rings (SSSR count). The second kappa shape index (κ2) is 9.17. The van der Waals surface area contributed by atoms with Crippen LogP contribution in [0, 0.1) is 0 Å². The van der Waals surface area contributed by atoms with Crippen molar-refractivity contribution in [1.82, 2.24) is 20.4 Å². The number of halogens is 1. The molecule has 1 fully saturated rings. The highest BCUT2D eigenvalue weighted by Crippen LogP contribution is 2.17. The third-order valence-electron chi connectivity index (χ3n) is 3.34. The first-order valence-corrected chi connectivity index (χ1v) is 6.83. The number of nitrogens with zero attached hydrogens (tertiary/aromatic N) is 3. The fourth-order valence-electron chi connectivity index (χ4n) is 2.34. The molecule has 0 bridgehead atoms. The van der Waals surface area contributed by atoms with Gasteiger partial charge in [-0.05, 0) is 25.3 Å². The molecule has 1 saturated carbocycles. The summed E-state index contributed by atoms with van der Waals surface area (Å²) in [5, 5.41) is 11.0. The standard InChI is InChI=1S/C13H23N5.HI/c1-14-13(17-12-6-2-3-7-12)15-8-4-10-18-11-5-9-16-18;/h5,9,11-12H,2-4,6-8,10H2,1H3,(H2,14,15,17);1H. The smallest absolute Gasteiger partial charge is 0.191 e. The minimum Gasteiger partial charge on any atom is -0.356 e. The maximum Gasteiger partial charge on any atom is 0.191 e. The molecule has 5 nitrogen and oxygen atoms in total. The van der Waals surface area contributed by atoms with E-state index in [9.17, 15) is 0 Å². The molecular weight excluding hydrogens is 353 g/mol. The van der Waals surface area contributed by atoms with E-state index in [1.165, 1.54) is 25.7 Å². The van der Waals surface area contributed by atoms with Gasteiger partial charge in [-0.25, -0.2) is 0 Å². The zero-order chi connectivity index (χ0) is 12.6. The summed E-state index contributed by atoms with van der Waals surface area (Å²) in [6.45, 7) is 1.87. The van der Waals surface area contributed by atoms with E-state index in [4.69, 9.17) is 0 Å². The van der Waals surface area contributed by atoms with Gasteiger partial charge >= 0.3 is 0 Å². The Hall–Kier alpha value is -0.790. The highest BCUT2D eigenvalue weighted by atomic mass is 127. The number of aliphatic imine (C=N–C) groups is 1. The number of aryl methyl sites for hydroxylation is 1. The maximum absolute atomic E-state index is 4.26. The van der Waals surface area contributed by atoms with E-state index in [1.807, 2.05) is 30.2 Å². The summed E-state index contributed by atoms with van der Waals surface area (Å²) in [5.74, 6) is 0.933. The van der Waals surface area contributed by atoms with E-state index in [1.54, 1.807) is 0 Å². The molecule has 1 aliphatic rings. The van der Waals surface area contributed by atoms with Crippen molar-refractivity contribution in [3.05, 3.63) is 18.5 Å². The van der Waals surface area contributed by atoms with E-state index in [2.05, 4.69) is 20.7 Å². The number of hydrogen-bond donors (Lipinski definition) is 2. The summed E-state index contributed by atoms with van der Waals surface area (Å²) >= 11 is 0. The quantitative estimate of drug-likeness (QED) is 0.357. The normalized spacial score (nSPS) is 16.2. The van der Waals surface area contributed by atoms with Crippen molar-refractivity contribution in [2.45, 2.75) is 44.7 Å². The van der Waals surface area contributed by atoms with E-state index in [-0.39, 0.29) is 24.0 Å². The first-order valence-electron chi connectivity index (χ1n) is 6.83. The van der Waals surface area contributed by atoms with Crippen LogP contribution >= 0.6 is 24.0 Å². The minimum absolute atomic E-state index is 0. The molecule has 0 spiro atoms. The van der Waals surface area contributed by atoms with E-state index in [0.29, 0.717) is 6.04 Å². The molecule has 1 aromatic rings. The zero-order valence-corrected chi connectivity index (χ0v) is 13.8. The molecule has 0 aromatic carbocycles. The van der Waals surface area contributed by atoms with Crippen molar-refractivity contribution in [2.75, 3.05) is 13.6 Å². The van der Waals surface area contributed by atoms with Gasteiger partial charge in [0, 0.05) is 38.6 Å². The molecular formula is C13H24IN5. The molecule has 0 amide bonds. The van der Waals surface area contributed by atoms with Crippen molar-refractivity contribution in [1.29, 1.82) is 0 Å². The van der Waals surface area contributed by atoms with Gasteiger partial charge in [0.05, 0.1) is 0 Å². The fourth-order valence-corrected chi connectivity index (χ4v) is 2.34. The zero-order valence-electron chi connectivity index (χ0n) is 11.5. The van der Waals surface area contributed by atoms with Gasteiger partial charge in [0.15, 0.2) is 5.96 Å². The van der Waals surface area contributed by atoms with Crippen molar-refractivity contribution in [3.63, 3.8) is 0 Å². The lowest BCUT2D eigenvalue weighted by Crippen LogP contribution is -2.42. The van der Waals surface area contributed by atoms with E-state index >= 15 is 0 Å². The fraction of sp³-hybridized carbons (Fsp3) is 0.692. The summed E-state index contributed by atoms with van der Waals surface area (Å²) in [6.07, 6.45) is 10.1. The highest BCUT2D eigenvalue weighted by molar-refractivity contribution is 14.0. The summed E-state index contributed by atoms with van der Waals surface area (Å²) in [4.78, 5) is 4.26. The summed E-state index contributed by atoms with van der Waals surface area (Å²) in [7, 11) is 1.83. The van der Waals surface area contributed by atoms with Crippen LogP contribution in [0.25, 0.3) is 0 Å². The highest BCUT2D eigenvalue weighted by Gasteiger charge is 2.15. The summed E-state index contributed by atoms with van der Waals surface area (Å²) < 4.78 is 1.95. The molecule has 19 heavy (non-hydrogen) atoms. The van der Waals surface area contributed by atoms with Crippen LogP contribution in [0.15, 0.2) is 23.5 Å². The van der Waals surface area contributed by atoms with Crippen LogP contribution in [0.4, 0.5) is 0 Å². The predicted octanol–water partition coefficient (Wildman–Crippen LogP) is 2.00. The third-order valence-corrected chi connectivity index (χ3v) is 3.34. The molecule has 0 unspecified atom stereocenters. The largest absolute Gasteiger partial charge is 0.356 e. The van der Waals surface area contributed by atoms with Gasteiger partial charge in [0.2, 0.25) is 0 Å². The monoisotopic (exact) mass is 377 g/mol. The molecule has 108 valence electrons. The van der Waals surface area contributed by atoms with Gasteiger partial charge in [0.1, 0.15) is 0 Å². The van der Waals surface area contributed by atoms with Crippen LogP contribution in [0.5, 0.6) is 0 Å². The Morgan fingerprint density at radius 3 is 2.84 bits per heavy atom. The lowest BCUT2D eigenvalue weighted by Gasteiger charge is -2.16. The molecule has 0 saturated heterocycles. The Labute approximate surface area is 132 Å². The van der Waals surface area contributed by atoms with Crippen molar-refractivity contribution < 1.29 is 0 Å². The van der Waals surface area contributed by atoms with Gasteiger partial charge in [-0.1, -0.05) is 12.8 Å². The number of hydrogen-bond acceptors (Lipinski definition) is 2. The van der Waals surface area contributed by atoms with Crippen molar-refractivity contribution in [3.8, 4) is 0 Å². The molecule has 6 heteroatoms. The van der Waals surface area contributed by atoms with Crippen LogP contribution in [-0.4, -0.2) is 35.4 Å². The molecule has 1 aliphatic carbocycles. The topological polar surface area (TPSA) is 54.2 Å². The van der Waals surface area contributed by atoms with Crippen molar-refractivity contribution >= 4 is 29.9 Å². The summed E-state index contributed by atoms with van der Waals surface area (Å²) in [6, 6.07) is 2.57. The molecule has 0 atom stereocenters. The van der Waals surface area contributed by atoms with Gasteiger partial charge in [-0.3, -0.25) is 9.67 Å². The molecule has 2 N–H and O–H groups in total. The Bertz CT molecular complexity index is 357. The van der Waals surface area contributed by atoms with Gasteiger partial charge in [-0.2, -0.15) is 5.10 Å². The predicted molar refractivity (Wildman–Crippen MR) is 89.0 cm³/mol.